The Balaban J connectivity index is 1.36. The van der Waals surface area contributed by atoms with E-state index in [1.54, 1.807) is 36.4 Å². The molecule has 2 amide bonds. The molecule has 166 valence electrons. The Hall–Kier alpha value is -2.90. The fraction of sp³-hybridized carbons (Fsp3) is 0.417. The summed E-state index contributed by atoms with van der Waals surface area (Å²) in [6, 6.07) is 14.0. The second-order valence-electron chi connectivity index (χ2n) is 7.88. The smallest absolute Gasteiger partial charge is 0.251 e. The van der Waals surface area contributed by atoms with Crippen molar-refractivity contribution in [3.63, 3.8) is 0 Å². The third kappa shape index (κ3) is 8.03. The number of piperidine rings is 1. The van der Waals surface area contributed by atoms with Crippen LogP contribution in [0.5, 0.6) is 5.75 Å². The van der Waals surface area contributed by atoms with E-state index in [4.69, 9.17) is 0 Å². The van der Waals surface area contributed by atoms with E-state index in [0.29, 0.717) is 37.3 Å². The van der Waals surface area contributed by atoms with Crippen LogP contribution in [0.15, 0.2) is 48.5 Å². The highest BCUT2D eigenvalue weighted by Crippen LogP contribution is 2.12. The van der Waals surface area contributed by atoms with Gasteiger partial charge in [0.25, 0.3) is 5.91 Å². The molecule has 0 unspecified atom stereocenters. The van der Waals surface area contributed by atoms with Gasteiger partial charge in [0.05, 0.1) is 0 Å². The van der Waals surface area contributed by atoms with Crippen molar-refractivity contribution in [3.8, 4) is 5.75 Å². The van der Waals surface area contributed by atoms with E-state index in [1.165, 1.54) is 19.3 Å². The van der Waals surface area contributed by atoms with Crippen LogP contribution < -0.4 is 16.0 Å². The minimum absolute atomic E-state index is 0.110. The monoisotopic (exact) mass is 424 g/mol. The number of phenols is 1. The highest BCUT2D eigenvalue weighted by molar-refractivity contribution is 5.97. The van der Waals surface area contributed by atoms with E-state index in [0.717, 1.165) is 25.2 Å². The molecule has 1 saturated heterocycles. The highest BCUT2D eigenvalue weighted by atomic mass is 16.3. The molecule has 31 heavy (non-hydrogen) atoms. The predicted molar refractivity (Wildman–Crippen MR) is 122 cm³/mol. The number of phenolic OH excluding ortho intramolecular Hbond substituents is 1. The van der Waals surface area contributed by atoms with Crippen LogP contribution >= 0.6 is 0 Å². The molecule has 3 rings (SSSR count). The Morgan fingerprint density at radius 2 is 1.74 bits per heavy atom. The van der Waals surface area contributed by atoms with Crippen molar-refractivity contribution >= 4 is 17.5 Å². The molecule has 1 fully saturated rings. The first-order chi connectivity index (χ1) is 15.1. The Morgan fingerprint density at radius 3 is 2.52 bits per heavy atom. The number of hydrogen-bond acceptors (Lipinski definition) is 5. The number of amides is 2. The lowest BCUT2D eigenvalue weighted by Crippen LogP contribution is -2.37. The maximum Gasteiger partial charge on any atom is 0.251 e. The van der Waals surface area contributed by atoms with Crippen molar-refractivity contribution in [2.24, 2.45) is 0 Å². The zero-order valence-corrected chi connectivity index (χ0v) is 17.9. The van der Waals surface area contributed by atoms with Gasteiger partial charge in [0, 0.05) is 43.9 Å². The number of aromatic hydroxyl groups is 1. The quantitative estimate of drug-likeness (QED) is 0.440. The SMILES string of the molecule is O=C(CCNCc1ccc(O)cc1)Nc1cccc(C(=O)NCCN2CCCCC2)c1. The largest absolute Gasteiger partial charge is 0.508 e. The number of nitrogens with zero attached hydrogens (tertiary/aromatic N) is 1. The van der Waals surface area contributed by atoms with E-state index in [2.05, 4.69) is 20.9 Å². The van der Waals surface area contributed by atoms with Gasteiger partial charge in [-0.15, -0.1) is 0 Å². The average Bonchev–Trinajstić information content (AvgIpc) is 2.79. The molecule has 0 saturated carbocycles. The van der Waals surface area contributed by atoms with E-state index in [-0.39, 0.29) is 17.6 Å². The highest BCUT2D eigenvalue weighted by Gasteiger charge is 2.11. The summed E-state index contributed by atoms with van der Waals surface area (Å²) >= 11 is 0. The van der Waals surface area contributed by atoms with Crippen LogP contribution in [0.2, 0.25) is 0 Å². The molecule has 0 spiro atoms. The molecule has 1 aliphatic heterocycles. The van der Waals surface area contributed by atoms with Gasteiger partial charge >= 0.3 is 0 Å². The van der Waals surface area contributed by atoms with Crippen molar-refractivity contribution in [2.75, 3.05) is 38.0 Å². The van der Waals surface area contributed by atoms with Crippen molar-refractivity contribution in [1.82, 2.24) is 15.5 Å². The van der Waals surface area contributed by atoms with Crippen molar-refractivity contribution in [2.45, 2.75) is 32.2 Å². The Bertz CT molecular complexity index is 848. The summed E-state index contributed by atoms with van der Waals surface area (Å²) in [5.74, 6) is 0.00516. The summed E-state index contributed by atoms with van der Waals surface area (Å²) in [5, 5.41) is 18.3. The molecular formula is C24H32N4O3. The van der Waals surface area contributed by atoms with Crippen LogP contribution in [0, 0.1) is 0 Å². The van der Waals surface area contributed by atoms with Crippen molar-refractivity contribution in [1.29, 1.82) is 0 Å². The topological polar surface area (TPSA) is 93.7 Å². The van der Waals surface area contributed by atoms with Gasteiger partial charge in [-0.05, 0) is 61.8 Å². The summed E-state index contributed by atoms with van der Waals surface area (Å²) in [6.45, 7) is 4.88. The van der Waals surface area contributed by atoms with E-state index >= 15 is 0 Å². The number of benzene rings is 2. The minimum atomic E-state index is -0.122. The van der Waals surface area contributed by atoms with Crippen LogP contribution in [0.1, 0.15) is 41.6 Å². The van der Waals surface area contributed by atoms with Crippen molar-refractivity contribution in [3.05, 3.63) is 59.7 Å². The zero-order chi connectivity index (χ0) is 21.9. The number of likely N-dealkylation sites (tertiary alicyclic amines) is 1. The molecule has 0 aromatic heterocycles. The van der Waals surface area contributed by atoms with Gasteiger partial charge in [-0.3, -0.25) is 9.59 Å². The summed E-state index contributed by atoms with van der Waals surface area (Å²) in [6.07, 6.45) is 4.10. The standard InChI is InChI=1S/C24H32N4O3/c29-22-9-7-19(8-10-22)18-25-12-11-23(30)27-21-6-4-5-20(17-21)24(31)26-13-16-28-14-2-1-3-15-28/h4-10,17,25,29H,1-3,11-16,18H2,(H,26,31)(H,27,30). The van der Waals surface area contributed by atoms with Gasteiger partial charge in [0.15, 0.2) is 0 Å². The molecular weight excluding hydrogens is 392 g/mol. The second kappa shape index (κ2) is 12.1. The number of nitrogens with one attached hydrogen (secondary N) is 3. The van der Waals surface area contributed by atoms with Crippen LogP contribution in [-0.2, 0) is 11.3 Å². The minimum Gasteiger partial charge on any atom is -0.508 e. The zero-order valence-electron chi connectivity index (χ0n) is 17.9. The van der Waals surface area contributed by atoms with Gasteiger partial charge in [0.1, 0.15) is 5.75 Å². The molecule has 0 aliphatic carbocycles. The second-order valence-corrected chi connectivity index (χ2v) is 7.88. The lowest BCUT2D eigenvalue weighted by atomic mass is 10.1. The first-order valence-corrected chi connectivity index (χ1v) is 11.0. The lowest BCUT2D eigenvalue weighted by molar-refractivity contribution is -0.116. The Labute approximate surface area is 183 Å². The average molecular weight is 425 g/mol. The predicted octanol–water partition coefficient (Wildman–Crippen LogP) is 2.73. The maximum absolute atomic E-state index is 12.4. The third-order valence-corrected chi connectivity index (χ3v) is 5.37. The van der Waals surface area contributed by atoms with Gasteiger partial charge in [-0.25, -0.2) is 0 Å². The number of carbonyl (C=O) groups excluding carboxylic acids is 2. The van der Waals surface area contributed by atoms with Crippen LogP contribution in [0.25, 0.3) is 0 Å². The molecule has 1 heterocycles. The number of rotatable bonds is 10. The first-order valence-electron chi connectivity index (χ1n) is 11.0. The Morgan fingerprint density at radius 1 is 0.968 bits per heavy atom. The summed E-state index contributed by atoms with van der Waals surface area (Å²) in [4.78, 5) is 27.0. The van der Waals surface area contributed by atoms with Crippen LogP contribution in [0.3, 0.4) is 0 Å². The van der Waals surface area contributed by atoms with Gasteiger partial charge < -0.3 is 26.0 Å². The van der Waals surface area contributed by atoms with E-state index in [9.17, 15) is 14.7 Å². The summed E-state index contributed by atoms with van der Waals surface area (Å²) in [5.41, 5.74) is 2.20. The third-order valence-electron chi connectivity index (χ3n) is 5.37. The fourth-order valence-electron chi connectivity index (χ4n) is 3.62. The molecule has 4 N–H and O–H groups in total. The van der Waals surface area contributed by atoms with Gasteiger partial charge in [0.2, 0.25) is 5.91 Å². The molecule has 7 heteroatoms. The molecule has 1 aliphatic rings. The molecule has 2 aromatic rings. The molecule has 0 atom stereocenters. The molecule has 2 aromatic carbocycles. The van der Waals surface area contributed by atoms with Gasteiger partial charge in [-0.2, -0.15) is 0 Å². The number of hydrogen-bond donors (Lipinski definition) is 4. The van der Waals surface area contributed by atoms with Crippen molar-refractivity contribution < 1.29 is 14.7 Å². The molecule has 7 nitrogen and oxygen atoms in total. The lowest BCUT2D eigenvalue weighted by Gasteiger charge is -2.26. The Kier molecular flexibility index (Phi) is 8.87. The van der Waals surface area contributed by atoms with E-state index < -0.39 is 0 Å². The number of carbonyl (C=O) groups is 2. The molecule has 0 radical (unpaired) electrons. The van der Waals surface area contributed by atoms with Crippen LogP contribution in [0.4, 0.5) is 5.69 Å². The fourth-order valence-corrected chi connectivity index (χ4v) is 3.62. The first kappa shape index (κ1) is 22.8. The normalized spacial score (nSPS) is 14.2. The molecule has 0 bridgehead atoms. The van der Waals surface area contributed by atoms with Gasteiger partial charge in [-0.1, -0.05) is 24.6 Å². The van der Waals surface area contributed by atoms with E-state index in [1.807, 2.05) is 12.1 Å². The summed E-state index contributed by atoms with van der Waals surface area (Å²) in [7, 11) is 0. The van der Waals surface area contributed by atoms with Crippen LogP contribution in [-0.4, -0.2) is 54.5 Å². The maximum atomic E-state index is 12.4. The number of anilines is 1. The summed E-state index contributed by atoms with van der Waals surface area (Å²) < 4.78 is 0.